The first-order valence-electron chi connectivity index (χ1n) is 6.70. The van der Waals surface area contributed by atoms with Gasteiger partial charge in [-0.2, -0.15) is 0 Å². The van der Waals surface area contributed by atoms with Gasteiger partial charge in [-0.15, -0.1) is 0 Å². The van der Waals surface area contributed by atoms with E-state index in [2.05, 4.69) is 20.7 Å². The van der Waals surface area contributed by atoms with Gasteiger partial charge in [0, 0.05) is 24.2 Å². The number of ether oxygens (including phenoxy) is 1. The second-order valence-electron chi connectivity index (χ2n) is 5.28. The van der Waals surface area contributed by atoms with E-state index in [-0.39, 0.29) is 21.5 Å². The molecule has 3 N–H and O–H groups in total. The average molecular weight is 446 g/mol. The van der Waals surface area contributed by atoms with Crippen molar-refractivity contribution in [3.05, 3.63) is 26.7 Å². The number of nitrogens with one attached hydrogen (secondary N) is 1. The van der Waals surface area contributed by atoms with Crippen LogP contribution in [0.2, 0.25) is 10.0 Å². The third-order valence-corrected chi connectivity index (χ3v) is 6.58. The zero-order chi connectivity index (χ0) is 17.3. The Morgan fingerprint density at radius 3 is 2.30 bits per heavy atom. The highest BCUT2D eigenvalue weighted by molar-refractivity contribution is 9.10. The Bertz CT molecular complexity index is 698. The minimum absolute atomic E-state index is 0.0167. The van der Waals surface area contributed by atoms with Crippen molar-refractivity contribution in [3.63, 3.8) is 0 Å². The predicted molar refractivity (Wildman–Crippen MR) is 91.0 cm³/mol. The summed E-state index contributed by atoms with van der Waals surface area (Å²) in [6, 6.07) is 2.86. The summed E-state index contributed by atoms with van der Waals surface area (Å²) in [7, 11) is -3.99. The first kappa shape index (κ1) is 19.0. The van der Waals surface area contributed by atoms with Gasteiger partial charge in [-0.3, -0.25) is 4.79 Å². The minimum atomic E-state index is -3.99. The van der Waals surface area contributed by atoms with E-state index >= 15 is 0 Å². The monoisotopic (exact) mass is 444 g/mol. The predicted octanol–water partition coefficient (Wildman–Crippen LogP) is 2.32. The van der Waals surface area contributed by atoms with Gasteiger partial charge in [0.15, 0.2) is 0 Å². The molecule has 0 aromatic heterocycles. The van der Waals surface area contributed by atoms with E-state index in [0.717, 1.165) is 0 Å². The Kier molecular flexibility index (Phi) is 5.97. The second-order valence-corrected chi connectivity index (χ2v) is 8.71. The van der Waals surface area contributed by atoms with E-state index in [9.17, 15) is 13.2 Å². The van der Waals surface area contributed by atoms with Gasteiger partial charge in [0.2, 0.25) is 15.9 Å². The van der Waals surface area contributed by atoms with Crippen LogP contribution in [0.5, 0.6) is 0 Å². The lowest BCUT2D eigenvalue weighted by atomic mass is 9.80. The smallest absolute Gasteiger partial charge is 0.243 e. The molecule has 6 nitrogen and oxygen atoms in total. The zero-order valence-electron chi connectivity index (χ0n) is 11.9. The quantitative estimate of drug-likeness (QED) is 0.726. The van der Waals surface area contributed by atoms with Crippen LogP contribution in [0.3, 0.4) is 0 Å². The number of hydrogen-bond acceptors (Lipinski definition) is 4. The number of rotatable bonds is 5. The second kappa shape index (κ2) is 7.25. The molecule has 1 aliphatic rings. The molecule has 0 bridgehead atoms. The molecule has 1 saturated heterocycles. The summed E-state index contributed by atoms with van der Waals surface area (Å²) in [4.78, 5) is 11.6. The topological polar surface area (TPSA) is 98.5 Å². The van der Waals surface area contributed by atoms with Gasteiger partial charge >= 0.3 is 0 Å². The molecule has 1 aromatic rings. The highest BCUT2D eigenvalue weighted by Gasteiger charge is 2.39. The molecule has 10 heteroatoms. The van der Waals surface area contributed by atoms with Crippen LogP contribution in [-0.2, 0) is 19.6 Å². The number of nitrogens with two attached hydrogens (primary N) is 1. The molecule has 1 heterocycles. The van der Waals surface area contributed by atoms with Crippen LogP contribution >= 0.6 is 39.1 Å². The molecule has 0 saturated carbocycles. The van der Waals surface area contributed by atoms with E-state index < -0.39 is 21.3 Å². The maximum Gasteiger partial charge on any atom is 0.243 e. The average Bonchev–Trinajstić information content (AvgIpc) is 2.44. The SMILES string of the molecule is NC(=O)C1(CNS(=O)(=O)c2c(Cl)cc(Br)cc2Cl)CCOCC1. The number of carbonyl (C=O) groups excluding carboxylic acids is 1. The molecular weight excluding hydrogens is 431 g/mol. The highest BCUT2D eigenvalue weighted by atomic mass is 79.9. The van der Waals surface area contributed by atoms with Gasteiger partial charge in [0.1, 0.15) is 4.90 Å². The molecule has 2 rings (SSSR count). The summed E-state index contributed by atoms with van der Waals surface area (Å²) in [5, 5.41) is -0.0334. The lowest BCUT2D eigenvalue weighted by Gasteiger charge is -2.34. The Morgan fingerprint density at radius 2 is 1.83 bits per heavy atom. The number of hydrogen-bond donors (Lipinski definition) is 2. The zero-order valence-corrected chi connectivity index (χ0v) is 15.9. The van der Waals surface area contributed by atoms with Crippen molar-refractivity contribution in [3.8, 4) is 0 Å². The van der Waals surface area contributed by atoms with Crippen molar-refractivity contribution in [2.24, 2.45) is 11.1 Å². The van der Waals surface area contributed by atoms with Gasteiger partial charge < -0.3 is 10.5 Å². The number of primary amides is 1. The fourth-order valence-electron chi connectivity index (χ4n) is 2.36. The molecule has 1 amide bonds. The van der Waals surface area contributed by atoms with Gasteiger partial charge in [-0.05, 0) is 25.0 Å². The van der Waals surface area contributed by atoms with Crippen LogP contribution in [0.25, 0.3) is 0 Å². The summed E-state index contributed by atoms with van der Waals surface area (Å²) < 4.78 is 33.2. The van der Waals surface area contributed by atoms with E-state index in [1.165, 1.54) is 12.1 Å². The molecule has 1 aliphatic heterocycles. The Hall–Kier alpha value is -0.380. The largest absolute Gasteiger partial charge is 0.381 e. The Balaban J connectivity index is 2.27. The fourth-order valence-corrected chi connectivity index (χ4v) is 5.42. The minimum Gasteiger partial charge on any atom is -0.381 e. The van der Waals surface area contributed by atoms with Crippen LogP contribution in [0, 0.1) is 5.41 Å². The maximum absolute atomic E-state index is 12.5. The summed E-state index contributed by atoms with van der Waals surface area (Å²) in [6.07, 6.45) is 0.708. The fraction of sp³-hybridized carbons (Fsp3) is 0.462. The van der Waals surface area contributed by atoms with Gasteiger partial charge in [-0.25, -0.2) is 13.1 Å². The van der Waals surface area contributed by atoms with Gasteiger partial charge in [0.05, 0.1) is 15.5 Å². The van der Waals surface area contributed by atoms with Crippen molar-refractivity contribution in [1.82, 2.24) is 4.72 Å². The molecule has 1 aromatic carbocycles. The van der Waals surface area contributed by atoms with Crippen LogP contribution in [0.15, 0.2) is 21.5 Å². The molecule has 0 unspecified atom stereocenters. The van der Waals surface area contributed by atoms with E-state index in [1.807, 2.05) is 0 Å². The van der Waals surface area contributed by atoms with Crippen LogP contribution < -0.4 is 10.5 Å². The van der Waals surface area contributed by atoms with E-state index in [0.29, 0.717) is 30.5 Å². The number of benzene rings is 1. The summed E-state index contributed by atoms with van der Waals surface area (Å²) >= 11 is 15.2. The molecule has 0 radical (unpaired) electrons. The van der Waals surface area contributed by atoms with E-state index in [1.54, 1.807) is 0 Å². The Labute approximate surface area is 152 Å². The first-order valence-corrected chi connectivity index (χ1v) is 9.73. The molecule has 0 aliphatic carbocycles. The maximum atomic E-state index is 12.5. The normalized spacial score (nSPS) is 17.9. The third-order valence-electron chi connectivity index (χ3n) is 3.80. The van der Waals surface area contributed by atoms with Crippen molar-refractivity contribution < 1.29 is 17.9 Å². The molecule has 128 valence electrons. The van der Waals surface area contributed by atoms with Crippen molar-refractivity contribution >= 4 is 55.1 Å². The number of halogens is 3. The molecular formula is C13H15BrCl2N2O4S. The summed E-state index contributed by atoms with van der Waals surface area (Å²) in [5.74, 6) is -0.559. The van der Waals surface area contributed by atoms with Crippen molar-refractivity contribution in [2.45, 2.75) is 17.7 Å². The molecule has 0 atom stereocenters. The third kappa shape index (κ3) is 4.18. The summed E-state index contributed by atoms with van der Waals surface area (Å²) in [6.45, 7) is 0.575. The van der Waals surface area contributed by atoms with Gasteiger partial charge in [0.25, 0.3) is 0 Å². The molecule has 23 heavy (non-hydrogen) atoms. The summed E-state index contributed by atoms with van der Waals surface area (Å²) in [5.41, 5.74) is 4.49. The number of sulfonamides is 1. The van der Waals surface area contributed by atoms with Gasteiger partial charge in [-0.1, -0.05) is 39.1 Å². The van der Waals surface area contributed by atoms with Crippen LogP contribution in [-0.4, -0.2) is 34.1 Å². The number of amides is 1. The standard InChI is InChI=1S/C13H15BrCl2N2O4S/c14-8-5-9(15)11(10(16)6-8)23(20,21)18-7-13(12(17)19)1-3-22-4-2-13/h5-6,18H,1-4,7H2,(H2,17,19). The lowest BCUT2D eigenvalue weighted by molar-refractivity contribution is -0.132. The van der Waals surface area contributed by atoms with Crippen molar-refractivity contribution in [2.75, 3.05) is 19.8 Å². The molecule has 1 fully saturated rings. The molecule has 0 spiro atoms. The van der Waals surface area contributed by atoms with Crippen LogP contribution in [0.4, 0.5) is 0 Å². The van der Waals surface area contributed by atoms with Crippen LogP contribution in [0.1, 0.15) is 12.8 Å². The van der Waals surface area contributed by atoms with Crippen molar-refractivity contribution in [1.29, 1.82) is 0 Å². The highest BCUT2D eigenvalue weighted by Crippen LogP contribution is 2.34. The van der Waals surface area contributed by atoms with E-state index in [4.69, 9.17) is 33.7 Å². The number of carbonyl (C=O) groups is 1. The Morgan fingerprint density at radius 1 is 1.30 bits per heavy atom. The lowest BCUT2D eigenvalue weighted by Crippen LogP contribution is -2.49. The first-order chi connectivity index (χ1) is 10.7.